The molecule has 0 aliphatic rings. The number of hydrogen-bond donors (Lipinski definition) is 2. The first-order valence-corrected chi connectivity index (χ1v) is 6.52. The molecule has 0 saturated heterocycles. The Labute approximate surface area is 104 Å². The van der Waals surface area contributed by atoms with Gasteiger partial charge in [0.15, 0.2) is 0 Å². The van der Waals surface area contributed by atoms with Crippen LogP contribution in [0.4, 0.5) is 13.2 Å². The second-order valence-corrected chi connectivity index (χ2v) is 5.94. The van der Waals surface area contributed by atoms with Crippen LogP contribution < -0.4 is 10.6 Å². The van der Waals surface area contributed by atoms with Gasteiger partial charge in [-0.1, -0.05) is 0 Å². The second kappa shape index (κ2) is 6.34. The van der Waals surface area contributed by atoms with Crippen molar-refractivity contribution in [3.05, 3.63) is 0 Å². The highest BCUT2D eigenvalue weighted by Gasteiger charge is 2.42. The van der Waals surface area contributed by atoms with Gasteiger partial charge in [-0.3, -0.25) is 10.1 Å². The molecule has 0 bridgehead atoms. The zero-order valence-electron chi connectivity index (χ0n) is 10.2. The first-order valence-electron chi connectivity index (χ1n) is 4.91. The van der Waals surface area contributed by atoms with E-state index in [1.165, 1.54) is 7.05 Å². The van der Waals surface area contributed by atoms with E-state index in [9.17, 15) is 26.4 Å². The molecule has 108 valence electrons. The summed E-state index contributed by atoms with van der Waals surface area (Å²) in [5, 5.41) is 4.01. The Morgan fingerprint density at radius 3 is 2.17 bits per heavy atom. The fourth-order valence-corrected chi connectivity index (χ4v) is 1.96. The SMILES string of the molecule is CNC(=O)CNC(CS(=O)(=O)N(C)C)C(F)(F)F. The van der Waals surface area contributed by atoms with E-state index < -0.39 is 40.4 Å². The largest absolute Gasteiger partial charge is 0.404 e. The lowest BCUT2D eigenvalue weighted by atomic mass is 10.3. The summed E-state index contributed by atoms with van der Waals surface area (Å²) in [5.74, 6) is -1.81. The van der Waals surface area contributed by atoms with Crippen LogP contribution in [0.1, 0.15) is 0 Å². The Balaban J connectivity index is 4.78. The number of hydrogen-bond acceptors (Lipinski definition) is 4. The van der Waals surface area contributed by atoms with Gasteiger partial charge in [0.1, 0.15) is 6.04 Å². The third-order valence-electron chi connectivity index (χ3n) is 2.12. The number of rotatable bonds is 6. The molecule has 0 aromatic carbocycles. The minimum absolute atomic E-state index is 0.608. The van der Waals surface area contributed by atoms with Crippen LogP contribution in [0.3, 0.4) is 0 Å². The molecule has 0 aliphatic carbocycles. The van der Waals surface area contributed by atoms with Crippen LogP contribution >= 0.6 is 0 Å². The lowest BCUT2D eigenvalue weighted by Crippen LogP contribution is -2.51. The Bertz CT molecular complexity index is 381. The van der Waals surface area contributed by atoms with Crippen molar-refractivity contribution in [2.45, 2.75) is 12.2 Å². The van der Waals surface area contributed by atoms with E-state index in [2.05, 4.69) is 5.32 Å². The molecule has 10 heteroatoms. The molecule has 18 heavy (non-hydrogen) atoms. The maximum absolute atomic E-state index is 12.6. The summed E-state index contributed by atoms with van der Waals surface area (Å²) in [4.78, 5) is 10.8. The molecular formula is C8H16F3N3O3S. The normalized spacial score (nSPS) is 14.6. The highest BCUT2D eigenvalue weighted by Crippen LogP contribution is 2.21. The maximum atomic E-state index is 12.6. The number of likely N-dealkylation sites (N-methyl/N-ethyl adjacent to an activating group) is 1. The van der Waals surface area contributed by atoms with Gasteiger partial charge in [-0.2, -0.15) is 13.2 Å². The number of nitrogens with one attached hydrogen (secondary N) is 2. The molecular weight excluding hydrogens is 275 g/mol. The zero-order valence-corrected chi connectivity index (χ0v) is 11.0. The van der Waals surface area contributed by atoms with Crippen molar-refractivity contribution < 1.29 is 26.4 Å². The summed E-state index contributed by atoms with van der Waals surface area (Å²) in [7, 11) is -0.468. The van der Waals surface area contributed by atoms with Crippen molar-refractivity contribution in [1.82, 2.24) is 14.9 Å². The molecule has 0 aliphatic heterocycles. The molecule has 1 amide bonds. The monoisotopic (exact) mass is 291 g/mol. The van der Waals surface area contributed by atoms with Gasteiger partial charge < -0.3 is 5.32 Å². The third-order valence-corrected chi connectivity index (χ3v) is 3.98. The topological polar surface area (TPSA) is 78.5 Å². The number of amides is 1. The quantitative estimate of drug-likeness (QED) is 0.668. The summed E-state index contributed by atoms with van der Waals surface area (Å²) >= 11 is 0. The van der Waals surface area contributed by atoms with Gasteiger partial charge in [0, 0.05) is 21.1 Å². The van der Waals surface area contributed by atoms with Crippen LogP contribution in [0.25, 0.3) is 0 Å². The summed E-state index contributed by atoms with van der Waals surface area (Å²) in [6.07, 6.45) is -4.75. The summed E-state index contributed by atoms with van der Waals surface area (Å²) in [6.45, 7) is -0.608. The Morgan fingerprint density at radius 1 is 1.33 bits per heavy atom. The molecule has 6 nitrogen and oxygen atoms in total. The number of carbonyl (C=O) groups is 1. The molecule has 1 atom stereocenters. The average molecular weight is 291 g/mol. The molecule has 0 spiro atoms. The Morgan fingerprint density at radius 2 is 1.83 bits per heavy atom. The summed E-state index contributed by atoms with van der Waals surface area (Å²) in [6, 6.07) is -2.29. The van der Waals surface area contributed by atoms with Crippen molar-refractivity contribution in [1.29, 1.82) is 0 Å². The highest BCUT2D eigenvalue weighted by molar-refractivity contribution is 7.89. The molecule has 0 radical (unpaired) electrons. The molecule has 0 heterocycles. The van der Waals surface area contributed by atoms with Crippen molar-refractivity contribution in [2.24, 2.45) is 0 Å². The molecule has 2 N–H and O–H groups in total. The predicted molar refractivity (Wildman–Crippen MR) is 59.4 cm³/mol. The van der Waals surface area contributed by atoms with Gasteiger partial charge in [-0.15, -0.1) is 0 Å². The minimum atomic E-state index is -4.75. The van der Waals surface area contributed by atoms with Gasteiger partial charge in [0.25, 0.3) is 0 Å². The second-order valence-electron chi connectivity index (χ2n) is 3.71. The molecule has 0 aromatic heterocycles. The van der Waals surface area contributed by atoms with Crippen LogP contribution in [0.2, 0.25) is 0 Å². The fraction of sp³-hybridized carbons (Fsp3) is 0.875. The third kappa shape index (κ3) is 5.65. The summed E-state index contributed by atoms with van der Waals surface area (Å²) < 4.78 is 61.2. The predicted octanol–water partition coefficient (Wildman–Crippen LogP) is -0.856. The van der Waals surface area contributed by atoms with E-state index in [4.69, 9.17) is 0 Å². The summed E-state index contributed by atoms with van der Waals surface area (Å²) in [5.41, 5.74) is 0. The van der Waals surface area contributed by atoms with E-state index in [1.807, 2.05) is 5.32 Å². The molecule has 1 unspecified atom stereocenters. The number of alkyl halides is 3. The molecule has 0 aromatic rings. The number of nitrogens with zero attached hydrogens (tertiary/aromatic N) is 1. The van der Waals surface area contributed by atoms with Gasteiger partial charge in [0.2, 0.25) is 15.9 Å². The lowest BCUT2D eigenvalue weighted by Gasteiger charge is -2.22. The van der Waals surface area contributed by atoms with Crippen LogP contribution in [-0.4, -0.2) is 64.3 Å². The van der Waals surface area contributed by atoms with Gasteiger partial charge >= 0.3 is 6.18 Å². The maximum Gasteiger partial charge on any atom is 0.404 e. The van der Waals surface area contributed by atoms with E-state index in [0.29, 0.717) is 4.31 Å². The average Bonchev–Trinajstić information content (AvgIpc) is 2.21. The molecule has 0 rings (SSSR count). The fourth-order valence-electron chi connectivity index (χ4n) is 0.933. The smallest absolute Gasteiger partial charge is 0.358 e. The number of halogens is 3. The lowest BCUT2D eigenvalue weighted by molar-refractivity contribution is -0.151. The van der Waals surface area contributed by atoms with Crippen LogP contribution in [0.15, 0.2) is 0 Å². The van der Waals surface area contributed by atoms with E-state index in [0.717, 1.165) is 14.1 Å². The molecule has 0 saturated carbocycles. The number of carbonyl (C=O) groups excluding carboxylic acids is 1. The van der Waals surface area contributed by atoms with E-state index >= 15 is 0 Å². The van der Waals surface area contributed by atoms with E-state index in [-0.39, 0.29) is 0 Å². The van der Waals surface area contributed by atoms with Gasteiger partial charge in [0.05, 0.1) is 12.3 Å². The van der Waals surface area contributed by atoms with Crippen LogP contribution in [-0.2, 0) is 14.8 Å². The Hall–Kier alpha value is -0.870. The zero-order chi connectivity index (χ0) is 14.6. The first kappa shape index (κ1) is 17.1. The van der Waals surface area contributed by atoms with Gasteiger partial charge in [-0.25, -0.2) is 12.7 Å². The van der Waals surface area contributed by atoms with Crippen molar-refractivity contribution in [3.63, 3.8) is 0 Å². The van der Waals surface area contributed by atoms with Crippen molar-refractivity contribution >= 4 is 15.9 Å². The minimum Gasteiger partial charge on any atom is -0.358 e. The van der Waals surface area contributed by atoms with Crippen LogP contribution in [0.5, 0.6) is 0 Å². The van der Waals surface area contributed by atoms with Gasteiger partial charge in [-0.05, 0) is 0 Å². The number of sulfonamides is 1. The Kier molecular flexibility index (Phi) is 6.04. The highest BCUT2D eigenvalue weighted by atomic mass is 32.2. The first-order chi connectivity index (χ1) is 8.00. The molecule has 0 fully saturated rings. The van der Waals surface area contributed by atoms with Crippen LogP contribution in [0, 0.1) is 0 Å². The van der Waals surface area contributed by atoms with Crippen molar-refractivity contribution in [3.8, 4) is 0 Å². The van der Waals surface area contributed by atoms with E-state index in [1.54, 1.807) is 0 Å². The standard InChI is InChI=1S/C8H16F3N3O3S/c1-12-7(15)4-13-6(8(9,10)11)5-18(16,17)14(2)3/h6,13H,4-5H2,1-3H3,(H,12,15). The van der Waals surface area contributed by atoms with Crippen molar-refractivity contribution in [2.75, 3.05) is 33.4 Å².